The van der Waals surface area contributed by atoms with E-state index in [2.05, 4.69) is 10.3 Å². The summed E-state index contributed by atoms with van der Waals surface area (Å²) in [5.41, 5.74) is 1.77. The molecule has 20 heavy (non-hydrogen) atoms. The molecule has 3 rings (SSSR count). The van der Waals surface area contributed by atoms with Gasteiger partial charge in [0.2, 0.25) is 12.2 Å². The summed E-state index contributed by atoms with van der Waals surface area (Å²) in [6.07, 6.45) is 4.93. The van der Waals surface area contributed by atoms with Gasteiger partial charge in [0, 0.05) is 17.8 Å². The van der Waals surface area contributed by atoms with Crippen LogP contribution in [0.4, 0.5) is 0 Å². The fraction of sp³-hybridized carbons (Fsp3) is 0.143. The number of aromatic nitrogens is 1. The molecule has 1 atom stereocenters. The van der Waals surface area contributed by atoms with Crippen LogP contribution in [0.2, 0.25) is 0 Å². The topological polar surface area (TPSA) is 78.6 Å². The molecule has 0 fully saturated rings. The van der Waals surface area contributed by atoms with Crippen molar-refractivity contribution in [3.63, 3.8) is 0 Å². The highest BCUT2D eigenvalue weighted by molar-refractivity contribution is 5.88. The maximum atomic E-state index is 11.7. The average Bonchev–Trinajstić information content (AvgIpc) is 2.98. The monoisotopic (exact) mass is 271 g/mol. The number of oxazole rings is 1. The van der Waals surface area contributed by atoms with Crippen molar-refractivity contribution in [2.45, 2.75) is 12.9 Å². The van der Waals surface area contributed by atoms with Gasteiger partial charge in [-0.3, -0.25) is 9.69 Å². The number of nitrogens with zero attached hydrogens (tertiary/aromatic N) is 2. The Bertz CT molecular complexity index is 620. The third kappa shape index (κ3) is 2.41. The first-order valence-corrected chi connectivity index (χ1v) is 6.14. The number of carbonyl (C=O) groups excluding carboxylic acids is 1. The lowest BCUT2D eigenvalue weighted by Gasteiger charge is -2.29. The van der Waals surface area contributed by atoms with Crippen molar-refractivity contribution in [2.75, 3.05) is 0 Å². The van der Waals surface area contributed by atoms with Gasteiger partial charge in [0.1, 0.15) is 6.26 Å². The van der Waals surface area contributed by atoms with E-state index in [1.54, 1.807) is 6.20 Å². The van der Waals surface area contributed by atoms with Gasteiger partial charge in [-0.05, 0) is 17.7 Å². The van der Waals surface area contributed by atoms with E-state index in [0.29, 0.717) is 12.4 Å². The number of hydrogen-bond acceptors (Lipinski definition) is 5. The largest absolute Gasteiger partial charge is 0.445 e. The van der Waals surface area contributed by atoms with Crippen molar-refractivity contribution in [1.29, 1.82) is 0 Å². The molecule has 0 bridgehead atoms. The number of hydrogen-bond donors (Lipinski definition) is 2. The summed E-state index contributed by atoms with van der Waals surface area (Å²) in [5.74, 6) is 0.322. The Labute approximate surface area is 115 Å². The van der Waals surface area contributed by atoms with Crippen molar-refractivity contribution < 1.29 is 14.3 Å². The van der Waals surface area contributed by atoms with Gasteiger partial charge in [-0.15, -0.1) is 0 Å². The highest BCUT2D eigenvalue weighted by Crippen LogP contribution is 2.18. The third-order valence-corrected chi connectivity index (χ3v) is 3.04. The lowest BCUT2D eigenvalue weighted by Crippen LogP contribution is -2.48. The van der Waals surface area contributed by atoms with Crippen LogP contribution in [0.25, 0.3) is 11.5 Å². The molecule has 2 heterocycles. The second-order valence-electron chi connectivity index (χ2n) is 4.37. The molecule has 0 spiro atoms. The molecular weight excluding hydrogens is 258 g/mol. The summed E-state index contributed by atoms with van der Waals surface area (Å²) in [4.78, 5) is 17.1. The van der Waals surface area contributed by atoms with Gasteiger partial charge in [-0.2, -0.15) is 0 Å². The Morgan fingerprint density at radius 3 is 2.80 bits per heavy atom. The summed E-state index contributed by atoms with van der Waals surface area (Å²) in [7, 11) is 0. The van der Waals surface area contributed by atoms with Gasteiger partial charge in [0.05, 0.1) is 12.7 Å². The Hall–Kier alpha value is -2.60. The standard InChI is InChI=1S/C14H13N3O3/c18-12-5-6-16-14(19)17(12)9-10-1-3-11(4-2-10)13-15-7-8-20-13/h1-8,14,16,19H,9H2. The first kappa shape index (κ1) is 12.4. The number of aliphatic hydroxyl groups excluding tert-OH is 1. The Morgan fingerprint density at radius 1 is 1.35 bits per heavy atom. The molecule has 1 amide bonds. The van der Waals surface area contributed by atoms with Gasteiger partial charge in [-0.25, -0.2) is 4.98 Å². The molecule has 1 aliphatic rings. The molecule has 1 unspecified atom stereocenters. The fourth-order valence-electron chi connectivity index (χ4n) is 1.99. The van der Waals surface area contributed by atoms with E-state index in [9.17, 15) is 9.90 Å². The van der Waals surface area contributed by atoms with Crippen LogP contribution in [-0.2, 0) is 11.3 Å². The highest BCUT2D eigenvalue weighted by atomic mass is 16.3. The van der Waals surface area contributed by atoms with Crippen LogP contribution in [-0.4, -0.2) is 27.2 Å². The summed E-state index contributed by atoms with van der Waals surface area (Å²) in [6.45, 7) is 0.323. The summed E-state index contributed by atoms with van der Waals surface area (Å²) < 4.78 is 5.21. The number of nitrogens with one attached hydrogen (secondary N) is 1. The van der Waals surface area contributed by atoms with E-state index >= 15 is 0 Å². The Morgan fingerprint density at radius 2 is 2.15 bits per heavy atom. The molecule has 6 nitrogen and oxygen atoms in total. The fourth-order valence-corrected chi connectivity index (χ4v) is 1.99. The molecule has 0 saturated carbocycles. The summed E-state index contributed by atoms with van der Waals surface area (Å²) >= 11 is 0. The predicted octanol–water partition coefficient (Wildman–Crippen LogP) is 1.06. The zero-order valence-electron chi connectivity index (χ0n) is 10.6. The number of aliphatic hydroxyl groups is 1. The maximum absolute atomic E-state index is 11.7. The van der Waals surface area contributed by atoms with Crippen molar-refractivity contribution in [3.8, 4) is 11.5 Å². The third-order valence-electron chi connectivity index (χ3n) is 3.04. The van der Waals surface area contributed by atoms with Crippen LogP contribution >= 0.6 is 0 Å². The lowest BCUT2D eigenvalue weighted by atomic mass is 10.1. The zero-order chi connectivity index (χ0) is 13.9. The van der Waals surface area contributed by atoms with Crippen molar-refractivity contribution >= 4 is 5.91 Å². The molecule has 6 heteroatoms. The second kappa shape index (κ2) is 5.18. The second-order valence-corrected chi connectivity index (χ2v) is 4.37. The molecule has 2 N–H and O–H groups in total. The molecule has 1 aliphatic heterocycles. The van der Waals surface area contributed by atoms with Crippen LogP contribution in [0, 0.1) is 0 Å². The average molecular weight is 271 g/mol. The molecule has 0 saturated heterocycles. The van der Waals surface area contributed by atoms with Crippen molar-refractivity contribution in [2.24, 2.45) is 0 Å². The van der Waals surface area contributed by atoms with E-state index in [1.165, 1.54) is 23.4 Å². The molecule has 2 aromatic rings. The van der Waals surface area contributed by atoms with Crippen LogP contribution in [0.15, 0.2) is 53.4 Å². The molecule has 102 valence electrons. The van der Waals surface area contributed by atoms with Gasteiger partial charge in [-0.1, -0.05) is 12.1 Å². The molecule has 1 aromatic heterocycles. The Balaban J connectivity index is 1.75. The minimum atomic E-state index is -1.00. The van der Waals surface area contributed by atoms with Gasteiger partial charge >= 0.3 is 0 Å². The summed E-state index contributed by atoms with van der Waals surface area (Å²) in [6, 6.07) is 7.48. The highest BCUT2D eigenvalue weighted by Gasteiger charge is 2.22. The van der Waals surface area contributed by atoms with E-state index in [1.807, 2.05) is 24.3 Å². The van der Waals surface area contributed by atoms with Crippen LogP contribution in [0.1, 0.15) is 5.56 Å². The number of benzene rings is 1. The molecule has 1 aromatic carbocycles. The van der Waals surface area contributed by atoms with Gasteiger partial charge in [0.15, 0.2) is 0 Å². The predicted molar refractivity (Wildman–Crippen MR) is 70.8 cm³/mol. The Kier molecular flexibility index (Phi) is 3.22. The number of rotatable bonds is 3. The maximum Gasteiger partial charge on any atom is 0.251 e. The van der Waals surface area contributed by atoms with Crippen LogP contribution < -0.4 is 5.32 Å². The smallest absolute Gasteiger partial charge is 0.251 e. The van der Waals surface area contributed by atoms with Gasteiger partial charge < -0.3 is 14.8 Å². The minimum Gasteiger partial charge on any atom is -0.445 e. The number of carbonyl (C=O) groups is 1. The minimum absolute atomic E-state index is 0.229. The van der Waals surface area contributed by atoms with Crippen molar-refractivity contribution in [1.82, 2.24) is 15.2 Å². The van der Waals surface area contributed by atoms with E-state index in [0.717, 1.165) is 11.1 Å². The quantitative estimate of drug-likeness (QED) is 0.872. The van der Waals surface area contributed by atoms with E-state index < -0.39 is 6.35 Å². The first-order valence-electron chi connectivity index (χ1n) is 6.14. The van der Waals surface area contributed by atoms with Gasteiger partial charge in [0.25, 0.3) is 5.91 Å². The first-order chi connectivity index (χ1) is 9.74. The van der Waals surface area contributed by atoms with Crippen LogP contribution in [0.5, 0.6) is 0 Å². The summed E-state index contributed by atoms with van der Waals surface area (Å²) in [5, 5.41) is 12.4. The molecule has 0 aliphatic carbocycles. The molecular formula is C14H13N3O3. The SMILES string of the molecule is O=C1C=CNC(O)N1Cc1ccc(-c2ncco2)cc1. The molecule has 0 radical (unpaired) electrons. The van der Waals surface area contributed by atoms with E-state index in [4.69, 9.17) is 4.42 Å². The van der Waals surface area contributed by atoms with E-state index in [-0.39, 0.29) is 5.91 Å². The normalized spacial score (nSPS) is 18.1. The lowest BCUT2D eigenvalue weighted by molar-refractivity contribution is -0.140. The number of amides is 1. The van der Waals surface area contributed by atoms with Crippen LogP contribution in [0.3, 0.4) is 0 Å². The zero-order valence-corrected chi connectivity index (χ0v) is 10.6. The van der Waals surface area contributed by atoms with Crippen molar-refractivity contribution in [3.05, 3.63) is 54.6 Å².